The average molecular weight is 438 g/mol. The summed E-state index contributed by atoms with van der Waals surface area (Å²) in [4.78, 5) is 31.7. The molecule has 6 nitrogen and oxygen atoms in total. The van der Waals surface area contributed by atoms with E-state index in [0.29, 0.717) is 18.0 Å². The van der Waals surface area contributed by atoms with E-state index in [1.165, 1.54) is 16.9 Å². The predicted molar refractivity (Wildman–Crippen MR) is 124 cm³/mol. The van der Waals surface area contributed by atoms with Crippen LogP contribution in [-0.4, -0.2) is 41.9 Å². The van der Waals surface area contributed by atoms with E-state index in [1.54, 1.807) is 24.1 Å². The molecule has 3 aromatic rings. The molecule has 1 aromatic heterocycles. The minimum Gasteiger partial charge on any atom is -0.495 e. The number of aryl methyl sites for hydroxylation is 1. The minimum atomic E-state index is -0.259. The lowest BCUT2D eigenvalue weighted by Crippen LogP contribution is -2.39. The van der Waals surface area contributed by atoms with Gasteiger partial charge in [0.2, 0.25) is 11.8 Å². The smallest absolute Gasteiger partial charge is 0.244 e. The van der Waals surface area contributed by atoms with Gasteiger partial charge < -0.3 is 15.0 Å². The van der Waals surface area contributed by atoms with Crippen LogP contribution in [0.4, 0.5) is 5.69 Å². The molecule has 2 aromatic carbocycles. The van der Waals surface area contributed by atoms with Crippen LogP contribution >= 0.6 is 11.3 Å². The minimum absolute atomic E-state index is 0.0142. The van der Waals surface area contributed by atoms with Gasteiger partial charge in [-0.3, -0.25) is 9.59 Å². The number of benzene rings is 2. The van der Waals surface area contributed by atoms with E-state index in [2.05, 4.69) is 10.3 Å². The average Bonchev–Trinajstić information content (AvgIpc) is 3.22. The van der Waals surface area contributed by atoms with Crippen molar-refractivity contribution in [3.63, 3.8) is 0 Å². The van der Waals surface area contributed by atoms with E-state index in [-0.39, 0.29) is 24.8 Å². The van der Waals surface area contributed by atoms with Gasteiger partial charge in [0.05, 0.1) is 31.5 Å². The highest BCUT2D eigenvalue weighted by Crippen LogP contribution is 2.25. The molecule has 0 saturated carbocycles. The maximum absolute atomic E-state index is 12.9. The Morgan fingerprint density at radius 2 is 1.87 bits per heavy atom. The molecule has 0 bridgehead atoms. The quantitative estimate of drug-likeness (QED) is 0.533. The largest absolute Gasteiger partial charge is 0.495 e. The molecule has 7 heteroatoms. The van der Waals surface area contributed by atoms with Crippen molar-refractivity contribution in [2.45, 2.75) is 26.7 Å². The van der Waals surface area contributed by atoms with Crippen LogP contribution in [-0.2, 0) is 16.0 Å². The number of rotatable bonds is 9. The Morgan fingerprint density at radius 1 is 1.13 bits per heavy atom. The summed E-state index contributed by atoms with van der Waals surface area (Å²) in [6.45, 7) is 4.52. The first-order chi connectivity index (χ1) is 15.0. The molecule has 0 aliphatic rings. The maximum Gasteiger partial charge on any atom is 0.244 e. The molecule has 0 aliphatic heterocycles. The van der Waals surface area contributed by atoms with Gasteiger partial charge in [-0.15, -0.1) is 11.3 Å². The molecule has 0 aliphatic carbocycles. The molecule has 1 heterocycles. The number of ether oxygens (including phenoxy) is 1. The highest BCUT2D eigenvalue weighted by atomic mass is 32.1. The summed E-state index contributed by atoms with van der Waals surface area (Å²) in [5.41, 5.74) is 3.53. The van der Waals surface area contributed by atoms with Gasteiger partial charge >= 0.3 is 0 Å². The number of hydrogen-bond acceptors (Lipinski definition) is 5. The number of aromatic nitrogens is 1. The van der Waals surface area contributed by atoms with Crippen LogP contribution in [0.3, 0.4) is 0 Å². The summed E-state index contributed by atoms with van der Waals surface area (Å²) in [6.07, 6.45) is 0.934. The highest BCUT2D eigenvalue weighted by Gasteiger charge is 2.19. The van der Waals surface area contributed by atoms with Crippen LogP contribution in [0.5, 0.6) is 5.75 Å². The second-order valence-electron chi connectivity index (χ2n) is 7.25. The van der Waals surface area contributed by atoms with Crippen molar-refractivity contribution in [2.24, 2.45) is 0 Å². The molecule has 0 radical (unpaired) electrons. The van der Waals surface area contributed by atoms with Crippen molar-refractivity contribution >= 4 is 28.8 Å². The molecule has 0 unspecified atom stereocenters. The molecule has 1 N–H and O–H groups in total. The van der Waals surface area contributed by atoms with Crippen molar-refractivity contribution < 1.29 is 14.3 Å². The number of thiazole rings is 1. The van der Waals surface area contributed by atoms with E-state index in [0.717, 1.165) is 22.7 Å². The third kappa shape index (κ3) is 6.15. The Labute approximate surface area is 186 Å². The fourth-order valence-electron chi connectivity index (χ4n) is 3.16. The standard InChI is InChI=1S/C24H27N3O3S/c1-4-13-27(15-22(28)26-20-7-5-6-8-21(20)30-3)23(29)14-19-16-31-24(25-19)18-11-9-17(2)10-12-18/h5-12,16H,4,13-15H2,1-3H3,(H,26,28). The summed E-state index contributed by atoms with van der Waals surface area (Å²) in [6, 6.07) is 15.4. The fraction of sp³-hybridized carbons (Fsp3) is 0.292. The number of hydrogen-bond donors (Lipinski definition) is 1. The molecule has 2 amide bonds. The molecule has 31 heavy (non-hydrogen) atoms. The van der Waals surface area contributed by atoms with Crippen molar-refractivity contribution in [2.75, 3.05) is 25.5 Å². The fourth-order valence-corrected chi connectivity index (χ4v) is 3.98. The number of nitrogens with one attached hydrogen (secondary N) is 1. The van der Waals surface area contributed by atoms with Gasteiger partial charge in [0.1, 0.15) is 10.8 Å². The topological polar surface area (TPSA) is 71.5 Å². The highest BCUT2D eigenvalue weighted by molar-refractivity contribution is 7.13. The van der Waals surface area contributed by atoms with Gasteiger partial charge in [0.25, 0.3) is 0 Å². The van der Waals surface area contributed by atoms with Gasteiger partial charge in [0, 0.05) is 17.5 Å². The lowest BCUT2D eigenvalue weighted by Gasteiger charge is -2.21. The van der Waals surface area contributed by atoms with Gasteiger partial charge in [-0.1, -0.05) is 48.9 Å². The number of carbonyl (C=O) groups is 2. The Balaban J connectivity index is 1.63. The maximum atomic E-state index is 12.9. The molecule has 0 saturated heterocycles. The molecule has 0 spiro atoms. The van der Waals surface area contributed by atoms with Crippen molar-refractivity contribution in [1.82, 2.24) is 9.88 Å². The van der Waals surface area contributed by atoms with Crippen LogP contribution in [0.25, 0.3) is 10.6 Å². The zero-order valence-electron chi connectivity index (χ0n) is 18.1. The van der Waals surface area contributed by atoms with E-state index in [9.17, 15) is 9.59 Å². The Hall–Kier alpha value is -3.19. The van der Waals surface area contributed by atoms with Crippen molar-refractivity contribution in [1.29, 1.82) is 0 Å². The summed E-state index contributed by atoms with van der Waals surface area (Å²) in [5.74, 6) is 0.207. The zero-order valence-corrected chi connectivity index (χ0v) is 18.9. The van der Waals surface area contributed by atoms with Gasteiger partial charge in [-0.2, -0.15) is 0 Å². The second-order valence-corrected chi connectivity index (χ2v) is 8.11. The first kappa shape index (κ1) is 22.5. The van der Waals surface area contributed by atoms with Crippen molar-refractivity contribution in [3.05, 3.63) is 65.2 Å². The molecule has 3 rings (SSSR count). The van der Waals surface area contributed by atoms with Crippen LogP contribution in [0, 0.1) is 6.92 Å². The first-order valence-corrected chi connectivity index (χ1v) is 11.1. The summed E-state index contributed by atoms with van der Waals surface area (Å²) in [7, 11) is 1.55. The monoisotopic (exact) mass is 437 g/mol. The molecular formula is C24H27N3O3S. The molecule has 0 atom stereocenters. The summed E-state index contributed by atoms with van der Waals surface area (Å²) >= 11 is 1.52. The number of carbonyl (C=O) groups excluding carboxylic acids is 2. The van der Waals surface area contributed by atoms with Crippen LogP contribution in [0.2, 0.25) is 0 Å². The normalized spacial score (nSPS) is 10.5. The Bertz CT molecular complexity index is 1030. The summed E-state index contributed by atoms with van der Waals surface area (Å²) in [5, 5.41) is 5.62. The lowest BCUT2D eigenvalue weighted by atomic mass is 10.2. The lowest BCUT2D eigenvalue weighted by molar-refractivity contribution is -0.134. The number of para-hydroxylation sites is 2. The zero-order chi connectivity index (χ0) is 22.2. The second kappa shape index (κ2) is 10.7. The number of amides is 2. The molecular weight excluding hydrogens is 410 g/mol. The third-order valence-electron chi connectivity index (χ3n) is 4.74. The molecule has 162 valence electrons. The summed E-state index contributed by atoms with van der Waals surface area (Å²) < 4.78 is 5.27. The first-order valence-electron chi connectivity index (χ1n) is 10.2. The van der Waals surface area contributed by atoms with Crippen molar-refractivity contribution in [3.8, 4) is 16.3 Å². The van der Waals surface area contributed by atoms with Gasteiger partial charge in [-0.25, -0.2) is 4.98 Å². The molecule has 0 fully saturated rings. The Kier molecular flexibility index (Phi) is 7.78. The predicted octanol–water partition coefficient (Wildman–Crippen LogP) is 4.55. The number of anilines is 1. The van der Waals surface area contributed by atoms with Crippen LogP contribution < -0.4 is 10.1 Å². The Morgan fingerprint density at radius 3 is 2.58 bits per heavy atom. The van der Waals surface area contributed by atoms with E-state index >= 15 is 0 Å². The van der Waals surface area contributed by atoms with E-state index < -0.39 is 0 Å². The van der Waals surface area contributed by atoms with Crippen LogP contribution in [0.1, 0.15) is 24.6 Å². The van der Waals surface area contributed by atoms with Crippen LogP contribution in [0.15, 0.2) is 53.9 Å². The van der Waals surface area contributed by atoms with Gasteiger partial charge in [-0.05, 0) is 25.5 Å². The third-order valence-corrected chi connectivity index (χ3v) is 5.68. The van der Waals surface area contributed by atoms with Gasteiger partial charge in [0.15, 0.2) is 0 Å². The number of methoxy groups -OCH3 is 1. The van der Waals surface area contributed by atoms with E-state index in [1.807, 2.05) is 55.6 Å². The van der Waals surface area contributed by atoms with E-state index in [4.69, 9.17) is 4.74 Å². The number of nitrogens with zero attached hydrogens (tertiary/aromatic N) is 2. The SMILES string of the molecule is CCCN(CC(=O)Nc1ccccc1OC)C(=O)Cc1csc(-c2ccc(C)cc2)n1.